The van der Waals surface area contributed by atoms with Crippen molar-refractivity contribution in [1.29, 1.82) is 0 Å². The molecule has 0 bridgehead atoms. The maximum Gasteiger partial charge on any atom is 0.267 e. The van der Waals surface area contributed by atoms with Gasteiger partial charge in [-0.05, 0) is 13.8 Å². The van der Waals surface area contributed by atoms with Crippen LogP contribution in [0.2, 0.25) is 0 Å². The van der Waals surface area contributed by atoms with Gasteiger partial charge in [-0.25, -0.2) is 18.1 Å². The van der Waals surface area contributed by atoms with Gasteiger partial charge in [-0.15, -0.1) is 5.10 Å². The van der Waals surface area contributed by atoms with Gasteiger partial charge >= 0.3 is 0 Å². The minimum absolute atomic E-state index is 0.0541. The highest BCUT2D eigenvalue weighted by Crippen LogP contribution is 2.21. The smallest absolute Gasteiger partial charge is 0.267 e. The first-order valence-electron chi connectivity index (χ1n) is 5.77. The summed E-state index contributed by atoms with van der Waals surface area (Å²) in [7, 11) is -3.85. The van der Waals surface area contributed by atoms with Crippen LogP contribution in [-0.2, 0) is 16.6 Å². The normalized spacial score (nSPS) is 11.6. The van der Waals surface area contributed by atoms with Gasteiger partial charge in [-0.3, -0.25) is 4.68 Å². The highest BCUT2D eigenvalue weighted by molar-refractivity contribution is 7.92. The standard InChI is InChI=1S/C10H14N6O3S/c1-7-9(8(2)16(14-7)5-6-17)20(18,19)15-10-11-3-4-12-13-10/h3-4,17H,5-6H2,1-2H3,(H,11,13,15). The first-order valence-corrected chi connectivity index (χ1v) is 7.25. The highest BCUT2D eigenvalue weighted by Gasteiger charge is 2.25. The van der Waals surface area contributed by atoms with Crippen LogP contribution in [0.4, 0.5) is 5.95 Å². The number of aryl methyl sites for hydroxylation is 1. The van der Waals surface area contributed by atoms with E-state index in [1.165, 1.54) is 17.1 Å². The van der Waals surface area contributed by atoms with Crippen molar-refractivity contribution in [3.8, 4) is 0 Å². The zero-order chi connectivity index (χ0) is 14.8. The number of hydrogen-bond donors (Lipinski definition) is 2. The number of nitrogens with zero attached hydrogens (tertiary/aromatic N) is 5. The number of aromatic nitrogens is 5. The van der Waals surface area contributed by atoms with Crippen LogP contribution in [0.25, 0.3) is 0 Å². The van der Waals surface area contributed by atoms with Gasteiger partial charge in [-0.1, -0.05) is 0 Å². The minimum Gasteiger partial charge on any atom is -0.394 e. The largest absolute Gasteiger partial charge is 0.394 e. The summed E-state index contributed by atoms with van der Waals surface area (Å²) in [6, 6.07) is 0. The lowest BCUT2D eigenvalue weighted by atomic mass is 10.4. The minimum atomic E-state index is -3.85. The van der Waals surface area contributed by atoms with E-state index < -0.39 is 10.0 Å². The van der Waals surface area contributed by atoms with Crippen molar-refractivity contribution < 1.29 is 13.5 Å². The molecule has 0 unspecified atom stereocenters. The first kappa shape index (κ1) is 14.3. The van der Waals surface area contributed by atoms with E-state index in [1.54, 1.807) is 13.8 Å². The molecular weight excluding hydrogens is 284 g/mol. The molecule has 0 aliphatic carbocycles. The predicted octanol–water partition coefficient (Wildman–Crippen LogP) is -0.522. The summed E-state index contributed by atoms with van der Waals surface area (Å²) in [4.78, 5) is 3.81. The number of sulfonamides is 1. The molecule has 2 rings (SSSR count). The second kappa shape index (κ2) is 5.51. The Hall–Kier alpha value is -2.07. The van der Waals surface area contributed by atoms with Crippen LogP contribution in [0.5, 0.6) is 0 Å². The summed E-state index contributed by atoms with van der Waals surface area (Å²) in [5.74, 6) is -0.110. The Morgan fingerprint density at radius 3 is 2.70 bits per heavy atom. The van der Waals surface area contributed by atoms with Crippen LogP contribution in [-0.4, -0.2) is 45.1 Å². The number of aliphatic hydroxyl groups is 1. The molecule has 0 aromatic carbocycles. The average Bonchev–Trinajstić information content (AvgIpc) is 2.66. The zero-order valence-corrected chi connectivity index (χ0v) is 11.8. The van der Waals surface area contributed by atoms with E-state index in [2.05, 4.69) is 25.0 Å². The summed E-state index contributed by atoms with van der Waals surface area (Å²) in [6.45, 7) is 3.31. The summed E-state index contributed by atoms with van der Waals surface area (Å²) in [5.41, 5.74) is 0.778. The van der Waals surface area contributed by atoms with Crippen molar-refractivity contribution in [2.45, 2.75) is 25.3 Å². The molecule has 0 amide bonds. The van der Waals surface area contributed by atoms with Crippen LogP contribution in [0, 0.1) is 13.8 Å². The van der Waals surface area contributed by atoms with Crippen LogP contribution in [0.1, 0.15) is 11.4 Å². The Morgan fingerprint density at radius 1 is 1.35 bits per heavy atom. The molecule has 2 heterocycles. The lowest BCUT2D eigenvalue weighted by Gasteiger charge is -2.06. The third-order valence-corrected chi connectivity index (χ3v) is 4.18. The average molecular weight is 298 g/mol. The molecule has 0 spiro atoms. The lowest BCUT2D eigenvalue weighted by molar-refractivity contribution is 0.267. The van der Waals surface area contributed by atoms with Gasteiger partial charge in [0.05, 0.1) is 36.9 Å². The molecular formula is C10H14N6O3S. The summed E-state index contributed by atoms with van der Waals surface area (Å²) >= 11 is 0. The van der Waals surface area contributed by atoms with Gasteiger partial charge in [-0.2, -0.15) is 10.2 Å². The Labute approximate surface area is 115 Å². The van der Waals surface area contributed by atoms with E-state index in [0.717, 1.165) is 0 Å². The summed E-state index contributed by atoms with van der Waals surface area (Å²) in [5, 5.41) is 20.1. The molecule has 10 heteroatoms. The molecule has 0 saturated heterocycles. The molecule has 0 fully saturated rings. The third kappa shape index (κ3) is 2.75. The van der Waals surface area contributed by atoms with E-state index in [0.29, 0.717) is 11.4 Å². The number of rotatable bonds is 5. The SMILES string of the molecule is Cc1nn(CCO)c(C)c1S(=O)(=O)Nc1nccnn1. The van der Waals surface area contributed by atoms with E-state index in [1.807, 2.05) is 0 Å². The summed E-state index contributed by atoms with van der Waals surface area (Å²) < 4.78 is 28.3. The second-order valence-electron chi connectivity index (χ2n) is 4.02. The molecule has 2 N–H and O–H groups in total. The number of nitrogens with one attached hydrogen (secondary N) is 1. The lowest BCUT2D eigenvalue weighted by Crippen LogP contribution is -2.17. The Balaban J connectivity index is 2.40. The quantitative estimate of drug-likeness (QED) is 0.761. The Kier molecular flexibility index (Phi) is 3.95. The molecule has 108 valence electrons. The van der Waals surface area contributed by atoms with Crippen LogP contribution < -0.4 is 4.72 Å². The van der Waals surface area contributed by atoms with E-state index in [-0.39, 0.29) is 24.0 Å². The maximum absolute atomic E-state index is 12.3. The number of aliphatic hydroxyl groups excluding tert-OH is 1. The highest BCUT2D eigenvalue weighted by atomic mass is 32.2. The van der Waals surface area contributed by atoms with Crippen molar-refractivity contribution in [2.75, 3.05) is 11.3 Å². The van der Waals surface area contributed by atoms with Gasteiger partial charge in [0.1, 0.15) is 4.90 Å². The van der Waals surface area contributed by atoms with E-state index >= 15 is 0 Å². The van der Waals surface area contributed by atoms with Crippen LogP contribution in [0.15, 0.2) is 17.3 Å². The molecule has 20 heavy (non-hydrogen) atoms. The van der Waals surface area contributed by atoms with Crippen molar-refractivity contribution in [3.63, 3.8) is 0 Å². The second-order valence-corrected chi connectivity index (χ2v) is 5.64. The predicted molar refractivity (Wildman–Crippen MR) is 69.4 cm³/mol. The molecule has 0 radical (unpaired) electrons. The fourth-order valence-corrected chi connectivity index (χ4v) is 3.21. The number of hydrogen-bond acceptors (Lipinski definition) is 7. The van der Waals surface area contributed by atoms with E-state index in [9.17, 15) is 8.42 Å². The van der Waals surface area contributed by atoms with Gasteiger partial charge in [0.25, 0.3) is 16.0 Å². The molecule has 0 aliphatic rings. The van der Waals surface area contributed by atoms with Crippen molar-refractivity contribution in [1.82, 2.24) is 25.0 Å². The maximum atomic E-state index is 12.3. The Morgan fingerprint density at radius 2 is 2.10 bits per heavy atom. The fourth-order valence-electron chi connectivity index (χ4n) is 1.85. The van der Waals surface area contributed by atoms with Crippen LogP contribution >= 0.6 is 0 Å². The molecule has 0 atom stereocenters. The van der Waals surface area contributed by atoms with Gasteiger partial charge in [0, 0.05) is 0 Å². The number of anilines is 1. The first-order chi connectivity index (χ1) is 9.45. The van der Waals surface area contributed by atoms with E-state index in [4.69, 9.17) is 5.11 Å². The fraction of sp³-hybridized carbons (Fsp3) is 0.400. The van der Waals surface area contributed by atoms with Gasteiger partial charge in [0.15, 0.2) is 0 Å². The zero-order valence-electron chi connectivity index (χ0n) is 11.0. The van der Waals surface area contributed by atoms with Gasteiger partial charge in [0.2, 0.25) is 0 Å². The molecule has 2 aromatic rings. The van der Waals surface area contributed by atoms with Crippen LogP contribution in [0.3, 0.4) is 0 Å². The third-order valence-electron chi connectivity index (χ3n) is 2.60. The molecule has 0 saturated carbocycles. The summed E-state index contributed by atoms with van der Waals surface area (Å²) in [6.07, 6.45) is 2.67. The molecule has 2 aromatic heterocycles. The van der Waals surface area contributed by atoms with Crippen molar-refractivity contribution >= 4 is 16.0 Å². The van der Waals surface area contributed by atoms with Gasteiger partial charge < -0.3 is 5.11 Å². The van der Waals surface area contributed by atoms with Crippen molar-refractivity contribution in [2.24, 2.45) is 0 Å². The molecule has 0 aliphatic heterocycles. The van der Waals surface area contributed by atoms with Crippen molar-refractivity contribution in [3.05, 3.63) is 23.8 Å². The monoisotopic (exact) mass is 298 g/mol. The Bertz CT molecular complexity index is 697. The topological polar surface area (TPSA) is 123 Å². The molecule has 9 nitrogen and oxygen atoms in total.